The van der Waals surface area contributed by atoms with Crippen LogP contribution in [-0.4, -0.2) is 32.5 Å². The molecule has 1 aromatic carbocycles. The first-order valence-corrected chi connectivity index (χ1v) is 8.55. The minimum absolute atomic E-state index is 0.0275. The van der Waals surface area contributed by atoms with Crippen LogP contribution in [0.15, 0.2) is 24.3 Å². The zero-order chi connectivity index (χ0) is 14.6. The fourth-order valence-electron chi connectivity index (χ4n) is 2.23. The summed E-state index contributed by atoms with van der Waals surface area (Å²) in [4.78, 5) is 12.3. The molecule has 1 unspecified atom stereocenters. The molecule has 5 nitrogen and oxygen atoms in total. The molecule has 0 spiro atoms. The lowest BCUT2D eigenvalue weighted by Gasteiger charge is -2.22. The molecule has 110 valence electrons. The van der Waals surface area contributed by atoms with Gasteiger partial charge in [-0.2, -0.15) is 0 Å². The number of carbonyl (C=O) groups is 1. The third-order valence-electron chi connectivity index (χ3n) is 3.45. The van der Waals surface area contributed by atoms with Crippen LogP contribution in [0.5, 0.6) is 0 Å². The zero-order valence-electron chi connectivity index (χ0n) is 11.6. The number of hydrogen-bond acceptors (Lipinski definition) is 4. The van der Waals surface area contributed by atoms with Crippen LogP contribution in [0.3, 0.4) is 0 Å². The topological polar surface area (TPSA) is 75.3 Å². The van der Waals surface area contributed by atoms with Crippen molar-refractivity contribution in [3.8, 4) is 0 Å². The molecule has 1 aromatic rings. The summed E-state index contributed by atoms with van der Waals surface area (Å²) in [5.74, 6) is 0.106. The van der Waals surface area contributed by atoms with Crippen LogP contribution in [-0.2, 0) is 10.0 Å². The first kappa shape index (κ1) is 15.0. The average molecular weight is 296 g/mol. The van der Waals surface area contributed by atoms with Crippen molar-refractivity contribution in [2.24, 2.45) is 0 Å². The molecule has 1 atom stereocenters. The number of nitrogens with one attached hydrogen (secondary N) is 2. The van der Waals surface area contributed by atoms with Crippen molar-refractivity contribution in [1.82, 2.24) is 5.32 Å². The van der Waals surface area contributed by atoms with Crippen molar-refractivity contribution in [3.05, 3.63) is 29.8 Å². The second kappa shape index (κ2) is 6.37. The molecule has 1 heterocycles. The predicted octanol–water partition coefficient (Wildman–Crippen LogP) is 1.77. The summed E-state index contributed by atoms with van der Waals surface area (Å²) in [5, 5.41) is 3.22. The molecule has 0 aliphatic carbocycles. The number of Topliss-reactive ketones (excluding diaryl/α,β-unsaturated/α-hetero) is 1. The highest BCUT2D eigenvalue weighted by atomic mass is 32.2. The number of anilines is 1. The summed E-state index contributed by atoms with van der Waals surface area (Å²) < 4.78 is 25.4. The first-order valence-electron chi connectivity index (χ1n) is 6.90. The number of piperidine rings is 1. The quantitative estimate of drug-likeness (QED) is 0.812. The van der Waals surface area contributed by atoms with E-state index in [9.17, 15) is 13.2 Å². The van der Waals surface area contributed by atoms with E-state index in [0.29, 0.717) is 11.3 Å². The molecule has 2 N–H and O–H groups in total. The van der Waals surface area contributed by atoms with E-state index in [0.717, 1.165) is 25.8 Å². The standard InChI is InChI=1S/C14H20N2O3S/c1-2-20(18,19)16-12-8-6-11(7-9-12)14(17)13-5-3-4-10-15-13/h6-9,13,15-16H,2-5,10H2,1H3. The second-order valence-electron chi connectivity index (χ2n) is 4.95. The highest BCUT2D eigenvalue weighted by Crippen LogP contribution is 2.16. The fraction of sp³-hybridized carbons (Fsp3) is 0.500. The molecule has 1 saturated heterocycles. The molecular formula is C14H20N2O3S. The van der Waals surface area contributed by atoms with Crippen molar-refractivity contribution >= 4 is 21.5 Å². The van der Waals surface area contributed by atoms with Crippen molar-refractivity contribution in [2.75, 3.05) is 17.0 Å². The van der Waals surface area contributed by atoms with Gasteiger partial charge < -0.3 is 5.32 Å². The maximum absolute atomic E-state index is 12.3. The Balaban J connectivity index is 2.06. The van der Waals surface area contributed by atoms with Crippen LogP contribution in [0.1, 0.15) is 36.5 Å². The largest absolute Gasteiger partial charge is 0.307 e. The summed E-state index contributed by atoms with van der Waals surface area (Å²) in [7, 11) is -3.27. The van der Waals surface area contributed by atoms with Gasteiger partial charge in [0.25, 0.3) is 0 Å². The fourth-order valence-corrected chi connectivity index (χ4v) is 2.87. The predicted molar refractivity (Wildman–Crippen MR) is 79.5 cm³/mol. The Hall–Kier alpha value is -1.40. The van der Waals surface area contributed by atoms with Gasteiger partial charge in [-0.25, -0.2) is 8.42 Å². The third-order valence-corrected chi connectivity index (χ3v) is 4.76. The van der Waals surface area contributed by atoms with E-state index in [2.05, 4.69) is 10.0 Å². The Morgan fingerprint density at radius 1 is 1.30 bits per heavy atom. The van der Waals surface area contributed by atoms with E-state index in [1.54, 1.807) is 31.2 Å². The highest BCUT2D eigenvalue weighted by Gasteiger charge is 2.21. The summed E-state index contributed by atoms with van der Waals surface area (Å²) in [6.45, 7) is 2.46. The summed E-state index contributed by atoms with van der Waals surface area (Å²) >= 11 is 0. The minimum Gasteiger partial charge on any atom is -0.307 e. The smallest absolute Gasteiger partial charge is 0.232 e. The lowest BCUT2D eigenvalue weighted by molar-refractivity contribution is 0.0927. The minimum atomic E-state index is -3.27. The van der Waals surface area contributed by atoms with E-state index in [1.165, 1.54) is 0 Å². The molecular weight excluding hydrogens is 276 g/mol. The summed E-state index contributed by atoms with van der Waals surface area (Å²) in [6.07, 6.45) is 3.04. The Morgan fingerprint density at radius 2 is 2.00 bits per heavy atom. The van der Waals surface area contributed by atoms with Crippen LogP contribution in [0.2, 0.25) is 0 Å². The van der Waals surface area contributed by atoms with Gasteiger partial charge in [-0.1, -0.05) is 6.42 Å². The zero-order valence-corrected chi connectivity index (χ0v) is 12.4. The molecule has 1 fully saturated rings. The van der Waals surface area contributed by atoms with E-state index < -0.39 is 10.0 Å². The maximum atomic E-state index is 12.3. The second-order valence-corrected chi connectivity index (χ2v) is 6.96. The Bertz CT molecular complexity index is 561. The van der Waals surface area contributed by atoms with Gasteiger partial charge in [0.1, 0.15) is 0 Å². The molecule has 1 aliphatic heterocycles. The molecule has 0 aromatic heterocycles. The number of hydrogen-bond donors (Lipinski definition) is 2. The SMILES string of the molecule is CCS(=O)(=O)Nc1ccc(C(=O)C2CCCCN2)cc1. The molecule has 0 radical (unpaired) electrons. The van der Waals surface area contributed by atoms with Crippen LogP contribution >= 0.6 is 0 Å². The highest BCUT2D eigenvalue weighted by molar-refractivity contribution is 7.92. The van der Waals surface area contributed by atoms with Gasteiger partial charge >= 0.3 is 0 Å². The number of ketones is 1. The first-order chi connectivity index (χ1) is 9.52. The number of rotatable bonds is 5. The van der Waals surface area contributed by atoms with Gasteiger partial charge in [0, 0.05) is 11.3 Å². The molecule has 1 aliphatic rings. The van der Waals surface area contributed by atoms with Crippen molar-refractivity contribution in [3.63, 3.8) is 0 Å². The van der Waals surface area contributed by atoms with Crippen LogP contribution in [0.4, 0.5) is 5.69 Å². The van der Waals surface area contributed by atoms with E-state index in [-0.39, 0.29) is 17.6 Å². The monoisotopic (exact) mass is 296 g/mol. The Labute approximate surface area is 119 Å². The average Bonchev–Trinajstić information content (AvgIpc) is 2.48. The van der Waals surface area contributed by atoms with Gasteiger partial charge in [-0.3, -0.25) is 9.52 Å². The van der Waals surface area contributed by atoms with E-state index in [1.807, 2.05) is 0 Å². The van der Waals surface area contributed by atoms with Crippen molar-refractivity contribution < 1.29 is 13.2 Å². The normalized spacial score (nSPS) is 19.6. The molecule has 0 amide bonds. The van der Waals surface area contributed by atoms with Crippen LogP contribution in [0, 0.1) is 0 Å². The van der Waals surface area contributed by atoms with E-state index >= 15 is 0 Å². The molecule has 0 saturated carbocycles. The molecule has 6 heteroatoms. The molecule has 2 rings (SSSR count). The lowest BCUT2D eigenvalue weighted by Crippen LogP contribution is -2.40. The van der Waals surface area contributed by atoms with Gasteiger partial charge in [0.05, 0.1) is 11.8 Å². The van der Waals surface area contributed by atoms with Crippen LogP contribution in [0.25, 0.3) is 0 Å². The van der Waals surface area contributed by atoms with Crippen LogP contribution < -0.4 is 10.0 Å². The van der Waals surface area contributed by atoms with E-state index in [4.69, 9.17) is 0 Å². The van der Waals surface area contributed by atoms with Crippen molar-refractivity contribution in [2.45, 2.75) is 32.2 Å². The molecule has 0 bridgehead atoms. The van der Waals surface area contributed by atoms with Gasteiger partial charge in [0.2, 0.25) is 10.0 Å². The number of carbonyl (C=O) groups excluding carboxylic acids is 1. The van der Waals surface area contributed by atoms with Crippen molar-refractivity contribution in [1.29, 1.82) is 0 Å². The third kappa shape index (κ3) is 3.80. The Kier molecular flexibility index (Phi) is 4.77. The lowest BCUT2D eigenvalue weighted by atomic mass is 9.96. The summed E-state index contributed by atoms with van der Waals surface area (Å²) in [5.41, 5.74) is 1.10. The maximum Gasteiger partial charge on any atom is 0.232 e. The number of sulfonamides is 1. The molecule has 20 heavy (non-hydrogen) atoms. The van der Waals surface area contributed by atoms with Gasteiger partial charge in [-0.15, -0.1) is 0 Å². The van der Waals surface area contributed by atoms with Gasteiger partial charge in [-0.05, 0) is 50.6 Å². The Morgan fingerprint density at radius 3 is 2.55 bits per heavy atom. The van der Waals surface area contributed by atoms with Gasteiger partial charge in [0.15, 0.2) is 5.78 Å². The summed E-state index contributed by atoms with van der Waals surface area (Å²) in [6, 6.07) is 6.49. The number of benzene rings is 1.